The lowest BCUT2D eigenvalue weighted by atomic mass is 10.2. The number of anilines is 1. The molecule has 0 bridgehead atoms. The molecule has 3 aromatic rings. The molecular weight excluding hydrogens is 416 g/mol. The third kappa shape index (κ3) is 7.03. The molecule has 0 fully saturated rings. The first-order valence-electron chi connectivity index (χ1n) is 9.41. The van der Waals surface area contributed by atoms with Gasteiger partial charge in [0.25, 0.3) is 0 Å². The number of ether oxygens (including phenoxy) is 1. The Hall–Kier alpha value is -3.15. The highest BCUT2D eigenvalue weighted by molar-refractivity contribution is 7.80. The molecule has 0 aliphatic carbocycles. The third-order valence-corrected chi connectivity index (χ3v) is 4.72. The second-order valence-corrected chi connectivity index (χ2v) is 7.22. The number of carbonyl (C=O) groups is 1. The smallest absolute Gasteiger partial charge is 0.250 e. The highest BCUT2D eigenvalue weighted by atomic mass is 35.5. The van der Waals surface area contributed by atoms with Crippen molar-refractivity contribution in [1.82, 2.24) is 5.32 Å². The molecule has 30 heavy (non-hydrogen) atoms. The number of rotatable bonds is 7. The lowest BCUT2D eigenvalue weighted by Crippen LogP contribution is -2.32. The van der Waals surface area contributed by atoms with Crippen molar-refractivity contribution in [2.75, 3.05) is 11.9 Å². The fourth-order valence-electron chi connectivity index (χ4n) is 2.66. The van der Waals surface area contributed by atoms with Gasteiger partial charge in [-0.05, 0) is 59.8 Å². The predicted octanol–water partition coefficient (Wildman–Crippen LogP) is 5.49. The molecule has 0 aliphatic heterocycles. The molecule has 6 heteroatoms. The molecule has 4 nitrogen and oxygen atoms in total. The quantitative estimate of drug-likeness (QED) is 0.380. The first-order chi connectivity index (χ1) is 14.6. The van der Waals surface area contributed by atoms with Crippen molar-refractivity contribution in [2.24, 2.45) is 0 Å². The van der Waals surface area contributed by atoms with Crippen LogP contribution in [0.2, 0.25) is 5.02 Å². The minimum atomic E-state index is -0.340. The maximum Gasteiger partial charge on any atom is 0.250 e. The van der Waals surface area contributed by atoms with Gasteiger partial charge in [0.05, 0.1) is 6.61 Å². The van der Waals surface area contributed by atoms with Crippen LogP contribution in [0.3, 0.4) is 0 Å². The summed E-state index contributed by atoms with van der Waals surface area (Å²) in [6.45, 7) is 0.600. The van der Waals surface area contributed by atoms with Crippen LogP contribution in [0.15, 0.2) is 84.9 Å². The standard InChI is InChI=1S/C24H21ClN2O2S/c25-22-9-5-4-8-19(22)10-15-23(28)27-24(30)26-20-11-13-21(14-12-20)29-17-16-18-6-2-1-3-7-18/h1-15H,16-17H2,(H2,26,27,28,30)/b15-10+. The second kappa shape index (κ2) is 11.1. The molecule has 3 aromatic carbocycles. The van der Waals surface area contributed by atoms with Gasteiger partial charge in [-0.25, -0.2) is 0 Å². The Morgan fingerprint density at radius 3 is 2.40 bits per heavy atom. The molecule has 0 unspecified atom stereocenters. The van der Waals surface area contributed by atoms with Crippen molar-refractivity contribution in [3.05, 3.63) is 101 Å². The van der Waals surface area contributed by atoms with Crippen molar-refractivity contribution in [1.29, 1.82) is 0 Å². The molecular formula is C24H21ClN2O2S. The molecule has 0 spiro atoms. The topological polar surface area (TPSA) is 50.4 Å². The SMILES string of the molecule is O=C(/C=C/c1ccccc1Cl)NC(=S)Nc1ccc(OCCc2ccccc2)cc1. The fourth-order valence-corrected chi connectivity index (χ4v) is 3.07. The van der Waals surface area contributed by atoms with E-state index in [0.717, 1.165) is 23.4 Å². The van der Waals surface area contributed by atoms with E-state index >= 15 is 0 Å². The van der Waals surface area contributed by atoms with Gasteiger partial charge in [-0.1, -0.05) is 60.1 Å². The van der Waals surface area contributed by atoms with E-state index in [-0.39, 0.29) is 11.0 Å². The Balaban J connectivity index is 1.43. The van der Waals surface area contributed by atoms with Crippen LogP contribution in [0.25, 0.3) is 6.08 Å². The highest BCUT2D eigenvalue weighted by Crippen LogP contribution is 2.17. The Labute approximate surface area is 186 Å². The maximum atomic E-state index is 12.0. The zero-order valence-corrected chi connectivity index (χ0v) is 17.7. The maximum absolute atomic E-state index is 12.0. The van der Waals surface area contributed by atoms with Crippen molar-refractivity contribution in [3.8, 4) is 5.75 Å². The molecule has 152 valence electrons. The van der Waals surface area contributed by atoms with Crippen molar-refractivity contribution in [3.63, 3.8) is 0 Å². The number of nitrogens with one attached hydrogen (secondary N) is 2. The molecule has 0 heterocycles. The molecule has 0 atom stereocenters. The van der Waals surface area contributed by atoms with E-state index in [1.54, 1.807) is 12.1 Å². The van der Waals surface area contributed by atoms with Crippen LogP contribution in [-0.4, -0.2) is 17.6 Å². The van der Waals surface area contributed by atoms with Crippen molar-refractivity contribution >= 4 is 46.6 Å². The molecule has 1 amide bonds. The van der Waals surface area contributed by atoms with E-state index in [0.29, 0.717) is 11.6 Å². The summed E-state index contributed by atoms with van der Waals surface area (Å²) < 4.78 is 5.77. The zero-order valence-electron chi connectivity index (χ0n) is 16.2. The molecule has 0 saturated heterocycles. The van der Waals surface area contributed by atoms with Crippen LogP contribution >= 0.6 is 23.8 Å². The number of hydrogen-bond donors (Lipinski definition) is 2. The second-order valence-electron chi connectivity index (χ2n) is 6.41. The fraction of sp³-hybridized carbons (Fsp3) is 0.0833. The number of thiocarbonyl (C=S) groups is 1. The van der Waals surface area contributed by atoms with E-state index in [9.17, 15) is 4.79 Å². The van der Waals surface area contributed by atoms with Crippen LogP contribution in [0, 0.1) is 0 Å². The summed E-state index contributed by atoms with van der Waals surface area (Å²) in [5.41, 5.74) is 2.75. The molecule has 2 N–H and O–H groups in total. The van der Waals surface area contributed by atoms with Gasteiger partial charge in [-0.3, -0.25) is 10.1 Å². The largest absolute Gasteiger partial charge is 0.493 e. The Kier molecular flexibility index (Phi) is 8.01. The number of benzene rings is 3. The van der Waals surface area contributed by atoms with Crippen LogP contribution < -0.4 is 15.4 Å². The summed E-state index contributed by atoms with van der Waals surface area (Å²) >= 11 is 11.3. The molecule has 0 radical (unpaired) electrons. The zero-order chi connectivity index (χ0) is 21.2. The van der Waals surface area contributed by atoms with E-state index in [1.807, 2.05) is 60.7 Å². The first-order valence-corrected chi connectivity index (χ1v) is 10.2. The minimum Gasteiger partial charge on any atom is -0.493 e. The summed E-state index contributed by atoms with van der Waals surface area (Å²) in [4.78, 5) is 12.0. The Morgan fingerprint density at radius 1 is 0.967 bits per heavy atom. The first kappa shape index (κ1) is 21.6. The van der Waals surface area contributed by atoms with Crippen LogP contribution in [0.1, 0.15) is 11.1 Å². The lowest BCUT2D eigenvalue weighted by Gasteiger charge is -2.10. The number of halogens is 1. The predicted molar refractivity (Wildman–Crippen MR) is 127 cm³/mol. The van der Waals surface area contributed by atoms with E-state index in [4.69, 9.17) is 28.6 Å². The summed E-state index contributed by atoms with van der Waals surface area (Å²) in [6.07, 6.45) is 3.87. The van der Waals surface area contributed by atoms with E-state index in [2.05, 4.69) is 22.8 Å². The summed E-state index contributed by atoms with van der Waals surface area (Å²) in [6, 6.07) is 24.9. The molecule has 0 saturated carbocycles. The van der Waals surface area contributed by atoms with Gasteiger partial charge in [0.1, 0.15) is 5.75 Å². The Bertz CT molecular complexity index is 1020. The van der Waals surface area contributed by atoms with E-state index in [1.165, 1.54) is 11.6 Å². The van der Waals surface area contributed by atoms with Crippen LogP contribution in [-0.2, 0) is 11.2 Å². The average Bonchev–Trinajstić information content (AvgIpc) is 2.75. The van der Waals surface area contributed by atoms with Crippen molar-refractivity contribution < 1.29 is 9.53 Å². The van der Waals surface area contributed by atoms with E-state index < -0.39 is 0 Å². The van der Waals surface area contributed by atoms with Gasteiger partial charge in [0, 0.05) is 23.2 Å². The monoisotopic (exact) mass is 436 g/mol. The van der Waals surface area contributed by atoms with Gasteiger partial charge in [-0.2, -0.15) is 0 Å². The minimum absolute atomic E-state index is 0.210. The van der Waals surface area contributed by atoms with Gasteiger partial charge >= 0.3 is 0 Å². The summed E-state index contributed by atoms with van der Waals surface area (Å²) in [7, 11) is 0. The van der Waals surface area contributed by atoms with Gasteiger partial charge < -0.3 is 10.1 Å². The summed E-state index contributed by atoms with van der Waals surface area (Å²) in [5, 5.41) is 6.37. The number of hydrogen-bond acceptors (Lipinski definition) is 3. The normalized spacial score (nSPS) is 10.6. The van der Waals surface area contributed by atoms with Crippen LogP contribution in [0.4, 0.5) is 5.69 Å². The molecule has 3 rings (SSSR count). The highest BCUT2D eigenvalue weighted by Gasteiger charge is 2.03. The van der Waals surface area contributed by atoms with Crippen LogP contribution in [0.5, 0.6) is 5.75 Å². The van der Waals surface area contributed by atoms with Gasteiger partial charge in [0.15, 0.2) is 5.11 Å². The number of carbonyl (C=O) groups excluding carboxylic acids is 1. The molecule has 0 aromatic heterocycles. The Morgan fingerprint density at radius 2 is 1.67 bits per heavy atom. The van der Waals surface area contributed by atoms with Crippen molar-refractivity contribution in [2.45, 2.75) is 6.42 Å². The lowest BCUT2D eigenvalue weighted by molar-refractivity contribution is -0.115. The van der Waals surface area contributed by atoms with Gasteiger partial charge in [0.2, 0.25) is 5.91 Å². The average molecular weight is 437 g/mol. The van der Waals surface area contributed by atoms with Gasteiger partial charge in [-0.15, -0.1) is 0 Å². The molecule has 0 aliphatic rings. The third-order valence-electron chi connectivity index (χ3n) is 4.17. The number of amides is 1. The summed E-state index contributed by atoms with van der Waals surface area (Å²) in [5.74, 6) is 0.433.